The lowest BCUT2D eigenvalue weighted by Crippen LogP contribution is -2.30. The minimum atomic E-state index is -0.741. The van der Waals surface area contributed by atoms with Gasteiger partial charge in [0.15, 0.2) is 6.10 Å². The topological polar surface area (TPSA) is 38.3 Å². The van der Waals surface area contributed by atoms with Gasteiger partial charge in [-0.15, -0.1) is 0 Å². The normalized spacial score (nSPS) is 11.8. The molecule has 21 heavy (non-hydrogen) atoms. The maximum Gasteiger partial charge on any atom is 0.265 e. The molecule has 0 saturated heterocycles. The summed E-state index contributed by atoms with van der Waals surface area (Å²) in [5.74, 6) is -0.286. The Morgan fingerprint density at radius 1 is 1.29 bits per heavy atom. The molecular weight excluding hydrogens is 361 g/mol. The molecule has 1 unspecified atom stereocenters. The summed E-state index contributed by atoms with van der Waals surface area (Å²) in [5, 5.41) is 3.10. The number of nitrogens with one attached hydrogen (secondary N) is 1. The van der Waals surface area contributed by atoms with Crippen LogP contribution in [0, 0.1) is 5.82 Å². The highest BCUT2D eigenvalue weighted by molar-refractivity contribution is 9.10. The van der Waals surface area contributed by atoms with Gasteiger partial charge in [-0.2, -0.15) is 0 Å². The molecule has 1 amide bonds. The number of hydrogen-bond acceptors (Lipinski definition) is 2. The number of rotatable bonds is 4. The third-order valence-electron chi connectivity index (χ3n) is 2.68. The second kappa shape index (κ2) is 6.91. The number of halogens is 3. The van der Waals surface area contributed by atoms with Crippen LogP contribution in [0.2, 0.25) is 5.02 Å². The van der Waals surface area contributed by atoms with Crippen LogP contribution in [0.5, 0.6) is 5.75 Å². The molecule has 0 heterocycles. The molecule has 110 valence electrons. The number of ether oxygens (including phenoxy) is 1. The number of benzene rings is 2. The molecule has 3 nitrogen and oxygen atoms in total. The molecule has 0 aliphatic heterocycles. The molecule has 0 aliphatic carbocycles. The highest BCUT2D eigenvalue weighted by Gasteiger charge is 2.16. The smallest absolute Gasteiger partial charge is 0.265 e. The van der Waals surface area contributed by atoms with E-state index < -0.39 is 6.10 Å². The Hall–Kier alpha value is -1.59. The van der Waals surface area contributed by atoms with E-state index in [1.54, 1.807) is 25.1 Å². The molecule has 0 bridgehead atoms. The fourth-order valence-corrected chi connectivity index (χ4v) is 2.32. The Kier molecular flexibility index (Phi) is 5.20. The van der Waals surface area contributed by atoms with Crippen molar-refractivity contribution in [2.45, 2.75) is 13.0 Å². The van der Waals surface area contributed by atoms with E-state index in [-0.39, 0.29) is 11.7 Å². The van der Waals surface area contributed by atoms with Crippen molar-refractivity contribution in [3.05, 3.63) is 57.8 Å². The zero-order valence-electron chi connectivity index (χ0n) is 11.1. The Bertz CT molecular complexity index is 649. The van der Waals surface area contributed by atoms with E-state index in [9.17, 15) is 9.18 Å². The first-order chi connectivity index (χ1) is 9.95. The fourth-order valence-electron chi connectivity index (χ4n) is 1.60. The van der Waals surface area contributed by atoms with Gasteiger partial charge in [-0.05, 0) is 49.4 Å². The second-order valence-corrected chi connectivity index (χ2v) is 5.65. The SMILES string of the molecule is CC(Oc1ccc(F)cc1)C(=O)Nc1ccc(Br)cc1Cl. The Labute approximate surface area is 135 Å². The molecule has 1 N–H and O–H groups in total. The molecule has 0 spiro atoms. The third-order valence-corrected chi connectivity index (χ3v) is 3.49. The molecule has 0 aromatic heterocycles. The predicted molar refractivity (Wildman–Crippen MR) is 84.3 cm³/mol. The zero-order chi connectivity index (χ0) is 15.4. The number of amides is 1. The van der Waals surface area contributed by atoms with Gasteiger partial charge < -0.3 is 10.1 Å². The van der Waals surface area contributed by atoms with Crippen molar-refractivity contribution in [3.8, 4) is 5.75 Å². The van der Waals surface area contributed by atoms with Crippen LogP contribution >= 0.6 is 27.5 Å². The molecule has 2 aromatic carbocycles. The lowest BCUT2D eigenvalue weighted by molar-refractivity contribution is -0.122. The molecular formula is C15H12BrClFNO2. The Morgan fingerprint density at radius 3 is 2.57 bits per heavy atom. The summed E-state index contributed by atoms with van der Waals surface area (Å²) < 4.78 is 19.1. The van der Waals surface area contributed by atoms with Crippen LogP contribution < -0.4 is 10.1 Å². The summed E-state index contributed by atoms with van der Waals surface area (Å²) in [5.41, 5.74) is 0.499. The van der Waals surface area contributed by atoms with E-state index in [0.29, 0.717) is 16.5 Å². The van der Waals surface area contributed by atoms with Gasteiger partial charge in [-0.25, -0.2) is 4.39 Å². The first-order valence-electron chi connectivity index (χ1n) is 6.14. The van der Waals surface area contributed by atoms with Crippen LogP contribution in [0.1, 0.15) is 6.92 Å². The quantitative estimate of drug-likeness (QED) is 0.848. The summed E-state index contributed by atoms with van der Waals surface area (Å²) in [6, 6.07) is 10.6. The van der Waals surface area contributed by atoms with Crippen molar-refractivity contribution in [1.29, 1.82) is 0 Å². The van der Waals surface area contributed by atoms with Crippen molar-refractivity contribution in [2.24, 2.45) is 0 Å². The number of anilines is 1. The maximum atomic E-state index is 12.8. The summed E-state index contributed by atoms with van der Waals surface area (Å²) in [6.45, 7) is 1.60. The van der Waals surface area contributed by atoms with Gasteiger partial charge in [0, 0.05) is 4.47 Å². The van der Waals surface area contributed by atoms with Gasteiger partial charge >= 0.3 is 0 Å². The summed E-state index contributed by atoms with van der Waals surface area (Å²) >= 11 is 9.32. The van der Waals surface area contributed by atoms with Crippen molar-refractivity contribution in [1.82, 2.24) is 0 Å². The van der Waals surface area contributed by atoms with Crippen LogP contribution in [-0.4, -0.2) is 12.0 Å². The number of hydrogen-bond donors (Lipinski definition) is 1. The minimum Gasteiger partial charge on any atom is -0.481 e. The van der Waals surface area contributed by atoms with Gasteiger partial charge in [0.2, 0.25) is 0 Å². The standard InChI is InChI=1S/C15H12BrClFNO2/c1-9(21-12-5-3-11(18)4-6-12)15(20)19-14-7-2-10(16)8-13(14)17/h2-9H,1H3,(H,19,20). The monoisotopic (exact) mass is 371 g/mol. The van der Waals surface area contributed by atoms with E-state index in [2.05, 4.69) is 21.2 Å². The molecule has 0 fully saturated rings. The van der Waals surface area contributed by atoms with Crippen LogP contribution in [0.15, 0.2) is 46.9 Å². The van der Waals surface area contributed by atoms with Crippen molar-refractivity contribution in [3.63, 3.8) is 0 Å². The van der Waals surface area contributed by atoms with Crippen LogP contribution in [0.3, 0.4) is 0 Å². The van der Waals surface area contributed by atoms with Crippen molar-refractivity contribution < 1.29 is 13.9 Å². The first-order valence-corrected chi connectivity index (χ1v) is 7.31. The lowest BCUT2D eigenvalue weighted by Gasteiger charge is -2.15. The van der Waals surface area contributed by atoms with Crippen molar-refractivity contribution >= 4 is 39.1 Å². The van der Waals surface area contributed by atoms with Crippen LogP contribution in [0.25, 0.3) is 0 Å². The van der Waals surface area contributed by atoms with Gasteiger partial charge in [0.05, 0.1) is 10.7 Å². The molecule has 1 atom stereocenters. The summed E-state index contributed by atoms with van der Waals surface area (Å²) in [6.07, 6.45) is -0.741. The average molecular weight is 373 g/mol. The Morgan fingerprint density at radius 2 is 1.95 bits per heavy atom. The van der Waals surface area contributed by atoms with Gasteiger partial charge in [-0.1, -0.05) is 27.5 Å². The number of carbonyl (C=O) groups excluding carboxylic acids is 1. The largest absolute Gasteiger partial charge is 0.481 e. The van der Waals surface area contributed by atoms with E-state index in [0.717, 1.165) is 4.47 Å². The van der Waals surface area contributed by atoms with Crippen LogP contribution in [0.4, 0.5) is 10.1 Å². The molecule has 6 heteroatoms. The predicted octanol–water partition coefficient (Wildman–Crippen LogP) is 4.65. The van der Waals surface area contributed by atoms with Crippen molar-refractivity contribution in [2.75, 3.05) is 5.32 Å². The van der Waals surface area contributed by atoms with E-state index in [1.807, 2.05) is 0 Å². The maximum absolute atomic E-state index is 12.8. The first kappa shape index (κ1) is 15.8. The van der Waals surface area contributed by atoms with Gasteiger partial charge in [0.1, 0.15) is 11.6 Å². The van der Waals surface area contributed by atoms with E-state index >= 15 is 0 Å². The lowest BCUT2D eigenvalue weighted by atomic mass is 10.3. The Balaban J connectivity index is 2.00. The average Bonchev–Trinajstić information content (AvgIpc) is 2.44. The molecule has 0 saturated carbocycles. The molecule has 2 rings (SSSR count). The zero-order valence-corrected chi connectivity index (χ0v) is 13.4. The molecule has 0 radical (unpaired) electrons. The molecule has 2 aromatic rings. The third kappa shape index (κ3) is 4.44. The van der Waals surface area contributed by atoms with E-state index in [4.69, 9.17) is 16.3 Å². The van der Waals surface area contributed by atoms with Gasteiger partial charge in [0.25, 0.3) is 5.91 Å². The van der Waals surface area contributed by atoms with Crippen LogP contribution in [-0.2, 0) is 4.79 Å². The second-order valence-electron chi connectivity index (χ2n) is 4.33. The molecule has 0 aliphatic rings. The summed E-state index contributed by atoms with van der Waals surface area (Å²) in [4.78, 5) is 12.0. The fraction of sp³-hybridized carbons (Fsp3) is 0.133. The number of carbonyl (C=O) groups is 1. The minimum absolute atomic E-state index is 0.344. The highest BCUT2D eigenvalue weighted by Crippen LogP contribution is 2.26. The van der Waals surface area contributed by atoms with E-state index in [1.165, 1.54) is 24.3 Å². The summed E-state index contributed by atoms with van der Waals surface area (Å²) in [7, 11) is 0. The highest BCUT2D eigenvalue weighted by atomic mass is 79.9. The van der Waals surface area contributed by atoms with Gasteiger partial charge in [-0.3, -0.25) is 4.79 Å².